The molecule has 0 amide bonds. The first-order chi connectivity index (χ1) is 9.09. The molecule has 1 aliphatic rings. The van der Waals surface area contributed by atoms with E-state index in [0.717, 1.165) is 18.0 Å². The highest BCUT2D eigenvalue weighted by Gasteiger charge is 2.34. The highest BCUT2D eigenvalue weighted by atomic mass is 16.3. The summed E-state index contributed by atoms with van der Waals surface area (Å²) in [7, 11) is 0. The molecule has 2 N–H and O–H groups in total. The van der Waals surface area contributed by atoms with Gasteiger partial charge in [-0.2, -0.15) is 0 Å². The SMILES string of the molecule is CC1CCNC(C(C(C)C)C(O)c2ccccc2)C1. The molecule has 0 spiro atoms. The van der Waals surface area contributed by atoms with Crippen LogP contribution in [0.2, 0.25) is 0 Å². The molecule has 1 aromatic rings. The predicted octanol–water partition coefficient (Wildman–Crippen LogP) is 3.38. The fraction of sp³-hybridized carbons (Fsp3) is 0.647. The van der Waals surface area contributed by atoms with Gasteiger partial charge in [0.05, 0.1) is 6.10 Å². The maximum Gasteiger partial charge on any atom is 0.0835 e. The average Bonchev–Trinajstić information content (AvgIpc) is 2.39. The Bertz CT molecular complexity index is 376. The van der Waals surface area contributed by atoms with Crippen molar-refractivity contribution < 1.29 is 5.11 Å². The van der Waals surface area contributed by atoms with Gasteiger partial charge in [0.1, 0.15) is 0 Å². The minimum Gasteiger partial charge on any atom is -0.388 e. The van der Waals surface area contributed by atoms with Crippen LogP contribution in [-0.2, 0) is 0 Å². The highest BCUT2D eigenvalue weighted by Crippen LogP contribution is 2.34. The van der Waals surface area contributed by atoms with Crippen molar-refractivity contribution >= 4 is 0 Å². The van der Waals surface area contributed by atoms with Crippen molar-refractivity contribution in [1.29, 1.82) is 0 Å². The van der Waals surface area contributed by atoms with E-state index in [2.05, 4.69) is 26.1 Å². The topological polar surface area (TPSA) is 32.3 Å². The van der Waals surface area contributed by atoms with E-state index in [1.165, 1.54) is 12.8 Å². The molecule has 4 atom stereocenters. The van der Waals surface area contributed by atoms with Gasteiger partial charge in [0.2, 0.25) is 0 Å². The lowest BCUT2D eigenvalue weighted by molar-refractivity contribution is 0.0425. The second kappa shape index (κ2) is 6.53. The highest BCUT2D eigenvalue weighted by molar-refractivity contribution is 5.18. The second-order valence-corrected chi connectivity index (χ2v) is 6.37. The van der Waals surface area contributed by atoms with Crippen LogP contribution in [0.25, 0.3) is 0 Å². The van der Waals surface area contributed by atoms with Crippen molar-refractivity contribution in [2.24, 2.45) is 17.8 Å². The summed E-state index contributed by atoms with van der Waals surface area (Å²) in [5, 5.41) is 14.4. The minimum absolute atomic E-state index is 0.283. The number of hydrogen-bond donors (Lipinski definition) is 2. The Morgan fingerprint density at radius 2 is 1.89 bits per heavy atom. The lowest BCUT2D eigenvalue weighted by atomic mass is 9.76. The zero-order valence-electron chi connectivity index (χ0n) is 12.3. The lowest BCUT2D eigenvalue weighted by Crippen LogP contribution is -2.46. The van der Waals surface area contributed by atoms with Crippen LogP contribution in [0.4, 0.5) is 0 Å². The van der Waals surface area contributed by atoms with Gasteiger partial charge in [-0.15, -0.1) is 0 Å². The predicted molar refractivity (Wildman–Crippen MR) is 79.9 cm³/mol. The van der Waals surface area contributed by atoms with Crippen LogP contribution in [0.15, 0.2) is 30.3 Å². The van der Waals surface area contributed by atoms with Gasteiger partial charge < -0.3 is 10.4 Å². The molecule has 2 nitrogen and oxygen atoms in total. The molecule has 1 heterocycles. The number of aliphatic hydroxyl groups is 1. The van der Waals surface area contributed by atoms with Gasteiger partial charge in [0.25, 0.3) is 0 Å². The first-order valence-corrected chi connectivity index (χ1v) is 7.56. The van der Waals surface area contributed by atoms with Crippen molar-refractivity contribution in [3.63, 3.8) is 0 Å². The van der Waals surface area contributed by atoms with Gasteiger partial charge in [-0.1, -0.05) is 51.1 Å². The molecular formula is C17H27NO. The molecule has 1 aromatic carbocycles. The Kier molecular flexibility index (Phi) is 5.00. The summed E-state index contributed by atoms with van der Waals surface area (Å²) >= 11 is 0. The standard InChI is InChI=1S/C17H27NO/c1-12(2)16(15-11-13(3)9-10-18-15)17(19)14-7-5-4-6-8-14/h4-8,12-13,15-19H,9-11H2,1-3H3. The van der Waals surface area contributed by atoms with E-state index in [9.17, 15) is 5.11 Å². The van der Waals surface area contributed by atoms with Gasteiger partial charge in [-0.3, -0.25) is 0 Å². The fourth-order valence-electron chi connectivity index (χ4n) is 3.36. The van der Waals surface area contributed by atoms with Crippen LogP contribution in [0.1, 0.15) is 45.3 Å². The summed E-state index contributed by atoms with van der Waals surface area (Å²) in [5.74, 6) is 1.51. The zero-order valence-corrected chi connectivity index (χ0v) is 12.3. The minimum atomic E-state index is -0.371. The van der Waals surface area contributed by atoms with Crippen molar-refractivity contribution in [1.82, 2.24) is 5.32 Å². The van der Waals surface area contributed by atoms with Crippen molar-refractivity contribution in [3.8, 4) is 0 Å². The van der Waals surface area contributed by atoms with Crippen LogP contribution in [0, 0.1) is 17.8 Å². The van der Waals surface area contributed by atoms with Crippen molar-refractivity contribution in [2.45, 2.75) is 45.8 Å². The number of nitrogens with one attached hydrogen (secondary N) is 1. The van der Waals surface area contributed by atoms with E-state index >= 15 is 0 Å². The Balaban J connectivity index is 2.15. The van der Waals surface area contributed by atoms with E-state index in [1.807, 2.05) is 30.3 Å². The molecule has 0 aromatic heterocycles. The largest absolute Gasteiger partial charge is 0.388 e. The number of aliphatic hydroxyl groups excluding tert-OH is 1. The number of piperidine rings is 1. The summed E-state index contributed by atoms with van der Waals surface area (Å²) in [4.78, 5) is 0. The van der Waals surface area contributed by atoms with Crippen LogP contribution < -0.4 is 5.32 Å². The van der Waals surface area contributed by atoms with Crippen molar-refractivity contribution in [2.75, 3.05) is 6.54 Å². The van der Waals surface area contributed by atoms with Crippen LogP contribution in [0.3, 0.4) is 0 Å². The van der Waals surface area contributed by atoms with Gasteiger partial charge >= 0.3 is 0 Å². The summed E-state index contributed by atoms with van der Waals surface area (Å²) in [6, 6.07) is 10.5. The molecule has 1 aliphatic heterocycles. The molecule has 0 radical (unpaired) electrons. The quantitative estimate of drug-likeness (QED) is 0.871. The summed E-state index contributed by atoms with van der Waals surface area (Å²) in [6.45, 7) is 7.84. The molecule has 106 valence electrons. The Labute approximate surface area is 117 Å². The van der Waals surface area contributed by atoms with Crippen LogP contribution in [-0.4, -0.2) is 17.7 Å². The van der Waals surface area contributed by atoms with Gasteiger partial charge in [0, 0.05) is 12.0 Å². The Morgan fingerprint density at radius 3 is 2.47 bits per heavy atom. The summed E-state index contributed by atoms with van der Waals surface area (Å²) in [5.41, 5.74) is 1.04. The third kappa shape index (κ3) is 3.58. The van der Waals surface area contributed by atoms with Gasteiger partial charge in [-0.25, -0.2) is 0 Å². The van der Waals surface area contributed by atoms with E-state index in [1.54, 1.807) is 0 Å². The zero-order chi connectivity index (χ0) is 13.8. The third-order valence-corrected chi connectivity index (χ3v) is 4.44. The molecule has 0 bridgehead atoms. The maximum absolute atomic E-state index is 10.7. The maximum atomic E-state index is 10.7. The Morgan fingerprint density at radius 1 is 1.21 bits per heavy atom. The third-order valence-electron chi connectivity index (χ3n) is 4.44. The monoisotopic (exact) mass is 261 g/mol. The summed E-state index contributed by atoms with van der Waals surface area (Å²) in [6.07, 6.45) is 2.05. The van der Waals surface area contributed by atoms with E-state index in [4.69, 9.17) is 0 Å². The average molecular weight is 261 g/mol. The molecule has 0 saturated carbocycles. The first-order valence-electron chi connectivity index (χ1n) is 7.56. The fourth-order valence-corrected chi connectivity index (χ4v) is 3.36. The molecular weight excluding hydrogens is 234 g/mol. The molecule has 1 fully saturated rings. The summed E-state index contributed by atoms with van der Waals surface area (Å²) < 4.78 is 0. The second-order valence-electron chi connectivity index (χ2n) is 6.37. The lowest BCUT2D eigenvalue weighted by Gasteiger charge is -2.39. The molecule has 19 heavy (non-hydrogen) atoms. The number of rotatable bonds is 4. The van der Waals surface area contributed by atoms with Crippen molar-refractivity contribution in [3.05, 3.63) is 35.9 Å². The van der Waals surface area contributed by atoms with E-state index < -0.39 is 0 Å². The molecule has 0 aliphatic carbocycles. The molecule has 2 rings (SSSR count). The van der Waals surface area contributed by atoms with E-state index in [-0.39, 0.29) is 12.0 Å². The number of hydrogen-bond acceptors (Lipinski definition) is 2. The smallest absolute Gasteiger partial charge is 0.0835 e. The van der Waals surface area contributed by atoms with Crippen LogP contribution in [0.5, 0.6) is 0 Å². The Hall–Kier alpha value is -0.860. The van der Waals surface area contributed by atoms with Gasteiger partial charge in [-0.05, 0) is 36.8 Å². The van der Waals surface area contributed by atoms with E-state index in [0.29, 0.717) is 12.0 Å². The normalized spacial score (nSPS) is 27.2. The molecule has 4 unspecified atom stereocenters. The molecule has 2 heteroatoms. The molecule has 1 saturated heterocycles. The van der Waals surface area contributed by atoms with Gasteiger partial charge in [0.15, 0.2) is 0 Å². The first kappa shape index (κ1) is 14.5. The van der Waals surface area contributed by atoms with Crippen LogP contribution >= 0.6 is 0 Å². The number of benzene rings is 1.